The van der Waals surface area contributed by atoms with Crippen LogP contribution < -0.4 is 19.7 Å². The molecule has 0 bridgehead atoms. The van der Waals surface area contributed by atoms with Crippen molar-refractivity contribution in [2.75, 3.05) is 23.9 Å². The van der Waals surface area contributed by atoms with Crippen LogP contribution in [0.2, 0.25) is 0 Å². The number of anilines is 2. The standard InChI is InChI=1S/C24H25N3O5/c1-15-20(16(2)32-26-15)14-31-19-9-6-17(7-10-19)24(29)25-18-8-11-21(22(13-18)30-3)27-12-4-5-23(27)28/h6-11,13H,4-5,12,14H2,1-3H3,(H,25,29). The topological polar surface area (TPSA) is 93.9 Å². The Balaban J connectivity index is 1.41. The van der Waals surface area contributed by atoms with Gasteiger partial charge in [-0.05, 0) is 56.7 Å². The maximum Gasteiger partial charge on any atom is 0.255 e. The molecule has 3 aromatic rings. The van der Waals surface area contributed by atoms with E-state index < -0.39 is 0 Å². The highest BCUT2D eigenvalue weighted by Crippen LogP contribution is 2.34. The van der Waals surface area contributed by atoms with E-state index in [-0.39, 0.29) is 11.8 Å². The van der Waals surface area contributed by atoms with Gasteiger partial charge in [-0.25, -0.2) is 0 Å². The van der Waals surface area contributed by atoms with E-state index >= 15 is 0 Å². The Morgan fingerprint density at radius 3 is 2.59 bits per heavy atom. The van der Waals surface area contributed by atoms with Crippen LogP contribution in [0.15, 0.2) is 47.0 Å². The molecule has 1 saturated heterocycles. The number of rotatable bonds is 7. The van der Waals surface area contributed by atoms with Gasteiger partial charge >= 0.3 is 0 Å². The molecule has 32 heavy (non-hydrogen) atoms. The number of methoxy groups -OCH3 is 1. The molecule has 1 aliphatic heterocycles. The molecule has 166 valence electrons. The summed E-state index contributed by atoms with van der Waals surface area (Å²) >= 11 is 0. The van der Waals surface area contributed by atoms with Gasteiger partial charge in [-0.15, -0.1) is 0 Å². The van der Waals surface area contributed by atoms with Crippen LogP contribution >= 0.6 is 0 Å². The zero-order chi connectivity index (χ0) is 22.7. The Labute approximate surface area is 186 Å². The number of hydrogen-bond acceptors (Lipinski definition) is 6. The molecule has 8 heteroatoms. The number of nitrogens with one attached hydrogen (secondary N) is 1. The first-order valence-electron chi connectivity index (χ1n) is 10.4. The van der Waals surface area contributed by atoms with Crippen LogP contribution in [-0.4, -0.2) is 30.6 Å². The van der Waals surface area contributed by atoms with E-state index in [1.807, 2.05) is 13.8 Å². The zero-order valence-electron chi connectivity index (χ0n) is 18.3. The zero-order valence-corrected chi connectivity index (χ0v) is 18.3. The summed E-state index contributed by atoms with van der Waals surface area (Å²) in [5, 5.41) is 6.78. The second-order valence-electron chi connectivity index (χ2n) is 7.61. The van der Waals surface area contributed by atoms with Gasteiger partial charge in [-0.2, -0.15) is 0 Å². The first-order valence-corrected chi connectivity index (χ1v) is 10.4. The molecule has 0 spiro atoms. The van der Waals surface area contributed by atoms with Crippen LogP contribution in [0.25, 0.3) is 0 Å². The predicted octanol–water partition coefficient (Wildman–Crippen LogP) is 4.26. The lowest BCUT2D eigenvalue weighted by Gasteiger charge is -2.19. The van der Waals surface area contributed by atoms with Crippen molar-refractivity contribution in [2.24, 2.45) is 0 Å². The molecule has 1 aliphatic rings. The number of benzene rings is 2. The number of aromatic nitrogens is 1. The summed E-state index contributed by atoms with van der Waals surface area (Å²) in [6, 6.07) is 12.2. The molecule has 0 aliphatic carbocycles. The van der Waals surface area contributed by atoms with Crippen molar-refractivity contribution in [1.82, 2.24) is 5.16 Å². The third kappa shape index (κ3) is 4.44. The van der Waals surface area contributed by atoms with Gasteiger partial charge in [0.15, 0.2) is 0 Å². The Morgan fingerprint density at radius 2 is 1.97 bits per heavy atom. The molecule has 8 nitrogen and oxygen atoms in total. The van der Waals surface area contributed by atoms with Crippen molar-refractivity contribution in [1.29, 1.82) is 0 Å². The van der Waals surface area contributed by atoms with Crippen LogP contribution in [0.4, 0.5) is 11.4 Å². The fourth-order valence-corrected chi connectivity index (χ4v) is 3.65. The monoisotopic (exact) mass is 435 g/mol. The summed E-state index contributed by atoms with van der Waals surface area (Å²) in [7, 11) is 1.55. The Hall–Kier alpha value is -3.81. The summed E-state index contributed by atoms with van der Waals surface area (Å²) in [5.41, 5.74) is 3.51. The predicted molar refractivity (Wildman–Crippen MR) is 119 cm³/mol. The van der Waals surface area contributed by atoms with Crippen LogP contribution in [0.3, 0.4) is 0 Å². The SMILES string of the molecule is COc1cc(NC(=O)c2ccc(OCc3c(C)noc3C)cc2)ccc1N1CCCC1=O. The van der Waals surface area contributed by atoms with Crippen LogP contribution in [0, 0.1) is 13.8 Å². The highest BCUT2D eigenvalue weighted by Gasteiger charge is 2.24. The Morgan fingerprint density at radius 1 is 1.19 bits per heavy atom. The maximum atomic E-state index is 12.7. The van der Waals surface area contributed by atoms with Gasteiger partial charge in [0.25, 0.3) is 5.91 Å². The number of aryl methyl sites for hydroxylation is 2. The molecule has 2 amide bonds. The molecular weight excluding hydrogens is 410 g/mol. The van der Waals surface area contributed by atoms with Crippen molar-refractivity contribution in [2.45, 2.75) is 33.3 Å². The lowest BCUT2D eigenvalue weighted by Crippen LogP contribution is -2.24. The van der Waals surface area contributed by atoms with E-state index in [1.165, 1.54) is 0 Å². The van der Waals surface area contributed by atoms with Crippen LogP contribution in [-0.2, 0) is 11.4 Å². The quantitative estimate of drug-likeness (QED) is 0.596. The fraction of sp³-hybridized carbons (Fsp3) is 0.292. The minimum Gasteiger partial charge on any atom is -0.494 e. The number of ether oxygens (including phenoxy) is 2. The normalized spacial score (nSPS) is 13.3. The van der Waals surface area contributed by atoms with E-state index in [4.69, 9.17) is 14.0 Å². The molecule has 1 fully saturated rings. The summed E-state index contributed by atoms with van der Waals surface area (Å²) in [6.45, 7) is 4.73. The third-order valence-corrected chi connectivity index (χ3v) is 5.48. The lowest BCUT2D eigenvalue weighted by molar-refractivity contribution is -0.117. The molecule has 0 saturated carbocycles. The van der Waals surface area contributed by atoms with Crippen molar-refractivity contribution < 1.29 is 23.6 Å². The first-order chi connectivity index (χ1) is 15.5. The third-order valence-electron chi connectivity index (χ3n) is 5.48. The second kappa shape index (κ2) is 9.13. The molecule has 1 aromatic heterocycles. The minimum absolute atomic E-state index is 0.0803. The van der Waals surface area contributed by atoms with Gasteiger partial charge in [0.2, 0.25) is 5.91 Å². The fourth-order valence-electron chi connectivity index (χ4n) is 3.65. The number of carbonyl (C=O) groups is 2. The van der Waals surface area contributed by atoms with Gasteiger partial charge < -0.3 is 24.2 Å². The number of carbonyl (C=O) groups excluding carboxylic acids is 2. The molecule has 0 unspecified atom stereocenters. The van der Waals surface area contributed by atoms with E-state index in [9.17, 15) is 9.59 Å². The summed E-state index contributed by atoms with van der Waals surface area (Å²) < 4.78 is 16.4. The molecular formula is C24H25N3O5. The smallest absolute Gasteiger partial charge is 0.255 e. The van der Waals surface area contributed by atoms with Crippen molar-refractivity contribution in [3.63, 3.8) is 0 Å². The Bertz CT molecular complexity index is 1120. The summed E-state index contributed by atoms with van der Waals surface area (Å²) in [6.07, 6.45) is 1.37. The van der Waals surface area contributed by atoms with Gasteiger partial charge in [-0.3, -0.25) is 9.59 Å². The highest BCUT2D eigenvalue weighted by molar-refractivity contribution is 6.05. The molecule has 0 atom stereocenters. The lowest BCUT2D eigenvalue weighted by atomic mass is 10.2. The number of hydrogen-bond donors (Lipinski definition) is 1. The number of nitrogens with zero attached hydrogens (tertiary/aromatic N) is 2. The van der Waals surface area contributed by atoms with Gasteiger partial charge in [-0.1, -0.05) is 5.16 Å². The second-order valence-corrected chi connectivity index (χ2v) is 7.61. The molecule has 2 heterocycles. The molecule has 0 radical (unpaired) electrons. The summed E-state index contributed by atoms with van der Waals surface area (Å²) in [4.78, 5) is 26.4. The van der Waals surface area contributed by atoms with Gasteiger partial charge in [0.05, 0.1) is 24.1 Å². The summed E-state index contributed by atoms with van der Waals surface area (Å²) in [5.74, 6) is 1.74. The van der Waals surface area contributed by atoms with Crippen molar-refractivity contribution in [3.05, 3.63) is 65.0 Å². The van der Waals surface area contributed by atoms with Crippen LogP contribution in [0.1, 0.15) is 40.2 Å². The van der Waals surface area contributed by atoms with Gasteiger partial charge in [0.1, 0.15) is 23.9 Å². The average molecular weight is 435 g/mol. The van der Waals surface area contributed by atoms with Crippen LogP contribution in [0.5, 0.6) is 11.5 Å². The van der Waals surface area contributed by atoms with E-state index in [1.54, 1.807) is 54.5 Å². The number of amides is 2. The van der Waals surface area contributed by atoms with E-state index in [0.29, 0.717) is 48.0 Å². The van der Waals surface area contributed by atoms with Crippen molar-refractivity contribution in [3.8, 4) is 11.5 Å². The van der Waals surface area contributed by atoms with Gasteiger partial charge in [0, 0.05) is 30.3 Å². The average Bonchev–Trinajstić information content (AvgIpc) is 3.37. The van der Waals surface area contributed by atoms with E-state index in [0.717, 1.165) is 23.4 Å². The highest BCUT2D eigenvalue weighted by atomic mass is 16.5. The maximum absolute atomic E-state index is 12.7. The largest absolute Gasteiger partial charge is 0.494 e. The van der Waals surface area contributed by atoms with Crippen molar-refractivity contribution >= 4 is 23.2 Å². The minimum atomic E-state index is -0.255. The van der Waals surface area contributed by atoms with E-state index in [2.05, 4.69) is 10.5 Å². The first kappa shape index (κ1) is 21.4. The molecule has 1 N–H and O–H groups in total. The molecule has 4 rings (SSSR count). The Kier molecular flexibility index (Phi) is 6.11. The molecule has 2 aromatic carbocycles.